The molecule has 0 spiro atoms. The Hall–Kier alpha value is -4.96. The summed E-state index contributed by atoms with van der Waals surface area (Å²) in [5, 5.41) is 10.3. The molecule has 2 amide bonds. The van der Waals surface area contributed by atoms with E-state index in [0.29, 0.717) is 63.6 Å². The molecule has 6 rings (SSSR count). The topological polar surface area (TPSA) is 130 Å². The van der Waals surface area contributed by atoms with Crippen molar-refractivity contribution < 1.29 is 23.9 Å². The fourth-order valence-corrected chi connectivity index (χ4v) is 5.36. The molecule has 5 aromatic rings. The lowest BCUT2D eigenvalue weighted by Crippen LogP contribution is -2.28. The highest BCUT2D eigenvalue weighted by atomic mass is 35.5. The van der Waals surface area contributed by atoms with Crippen molar-refractivity contribution in [2.24, 2.45) is 5.73 Å². The van der Waals surface area contributed by atoms with Crippen LogP contribution in [0.25, 0.3) is 21.7 Å². The molecule has 0 unspecified atom stereocenters. The highest BCUT2D eigenvalue weighted by Crippen LogP contribution is 2.30. The molecule has 212 valence electrons. The molecule has 1 fully saturated rings. The average Bonchev–Trinajstić information content (AvgIpc) is 3.57. The number of ketones is 1. The minimum Gasteiger partial charge on any atom is -0.485 e. The summed E-state index contributed by atoms with van der Waals surface area (Å²) < 4.78 is 13.7. The van der Waals surface area contributed by atoms with Crippen molar-refractivity contribution in [2.75, 3.05) is 19.7 Å². The Morgan fingerprint density at radius 1 is 0.976 bits per heavy atom. The number of Topliss-reactive ketones (excluding diaryl/α,β-unsaturated/α-hetero) is 1. The van der Waals surface area contributed by atoms with Crippen molar-refractivity contribution in [3.63, 3.8) is 0 Å². The van der Waals surface area contributed by atoms with Crippen LogP contribution in [0.5, 0.6) is 17.4 Å². The molecule has 0 atom stereocenters. The van der Waals surface area contributed by atoms with Gasteiger partial charge in [-0.15, -0.1) is 5.10 Å². The van der Waals surface area contributed by atoms with Crippen LogP contribution in [0.4, 0.5) is 0 Å². The van der Waals surface area contributed by atoms with Gasteiger partial charge in [0.05, 0.1) is 11.1 Å². The number of rotatable bonds is 10. The Bertz CT molecular complexity index is 1840. The van der Waals surface area contributed by atoms with Gasteiger partial charge in [0, 0.05) is 66.6 Å². The van der Waals surface area contributed by atoms with Gasteiger partial charge in [-0.3, -0.25) is 14.4 Å². The fourth-order valence-electron chi connectivity index (χ4n) is 5.19. The minimum absolute atomic E-state index is 0.135. The number of nitrogens with two attached hydrogens (primary N) is 1. The van der Waals surface area contributed by atoms with Crippen LogP contribution in [-0.4, -0.2) is 57.0 Å². The van der Waals surface area contributed by atoms with Crippen molar-refractivity contribution in [3.8, 4) is 17.4 Å². The summed E-state index contributed by atoms with van der Waals surface area (Å²) in [6, 6.07) is 17.2. The number of primary amides is 1. The first kappa shape index (κ1) is 27.2. The molecule has 42 heavy (non-hydrogen) atoms. The first-order valence-corrected chi connectivity index (χ1v) is 13.8. The molecule has 0 radical (unpaired) electrons. The lowest BCUT2D eigenvalue weighted by Gasteiger charge is -2.16. The third-order valence-corrected chi connectivity index (χ3v) is 7.47. The Morgan fingerprint density at radius 3 is 2.62 bits per heavy atom. The van der Waals surface area contributed by atoms with E-state index in [1.54, 1.807) is 54.9 Å². The molecule has 3 aromatic carbocycles. The highest BCUT2D eigenvalue weighted by molar-refractivity contribution is 6.31. The second-order valence-electron chi connectivity index (χ2n) is 9.98. The second-order valence-corrected chi connectivity index (χ2v) is 10.4. The standard InChI is InChI=1S/C31H26ClN5O5/c32-20-6-5-19-13-22(15-25(31(33)40)24(19)14-20)41-18-28(38)26-17-37(12-11-36-10-2-4-30(36)39)27-16-21(7-8-23(26)27)42-29-3-1-9-34-35-29/h1,3,5-9,13-17H,2,4,10-12,18H2,(H2,33,40). The van der Waals surface area contributed by atoms with E-state index in [9.17, 15) is 14.4 Å². The molecule has 1 saturated heterocycles. The van der Waals surface area contributed by atoms with E-state index in [0.717, 1.165) is 18.5 Å². The van der Waals surface area contributed by atoms with Crippen molar-refractivity contribution in [3.05, 3.63) is 89.2 Å². The third kappa shape index (κ3) is 5.61. The van der Waals surface area contributed by atoms with Crippen molar-refractivity contribution in [1.29, 1.82) is 0 Å². The Balaban J connectivity index is 1.28. The van der Waals surface area contributed by atoms with Crippen LogP contribution >= 0.6 is 11.6 Å². The van der Waals surface area contributed by atoms with Crippen molar-refractivity contribution in [1.82, 2.24) is 19.7 Å². The number of benzene rings is 3. The predicted molar refractivity (Wildman–Crippen MR) is 157 cm³/mol. The molecular formula is C31H26ClN5O5. The van der Waals surface area contributed by atoms with E-state index in [1.165, 1.54) is 6.07 Å². The van der Waals surface area contributed by atoms with Gasteiger partial charge in [-0.1, -0.05) is 17.7 Å². The largest absolute Gasteiger partial charge is 0.485 e. The molecule has 10 nitrogen and oxygen atoms in total. The number of carbonyl (C=O) groups excluding carboxylic acids is 3. The summed E-state index contributed by atoms with van der Waals surface area (Å²) in [7, 11) is 0. The summed E-state index contributed by atoms with van der Waals surface area (Å²) in [6.07, 6.45) is 4.74. The number of likely N-dealkylation sites (tertiary alicyclic amines) is 1. The maximum absolute atomic E-state index is 13.5. The maximum atomic E-state index is 13.5. The molecular weight excluding hydrogens is 558 g/mol. The zero-order valence-electron chi connectivity index (χ0n) is 22.5. The maximum Gasteiger partial charge on any atom is 0.249 e. The molecule has 2 N–H and O–H groups in total. The predicted octanol–water partition coefficient (Wildman–Crippen LogP) is 5.01. The lowest BCUT2D eigenvalue weighted by atomic mass is 10.0. The van der Waals surface area contributed by atoms with Crippen LogP contribution in [0.15, 0.2) is 73.1 Å². The van der Waals surface area contributed by atoms with Crippen LogP contribution in [0, 0.1) is 0 Å². The van der Waals surface area contributed by atoms with Crippen LogP contribution in [-0.2, 0) is 11.3 Å². The van der Waals surface area contributed by atoms with Crippen molar-refractivity contribution in [2.45, 2.75) is 19.4 Å². The van der Waals surface area contributed by atoms with Gasteiger partial charge in [0.2, 0.25) is 23.5 Å². The number of carbonyl (C=O) groups is 3. The van der Waals surface area contributed by atoms with Gasteiger partial charge in [-0.05, 0) is 59.7 Å². The average molecular weight is 584 g/mol. The zero-order valence-corrected chi connectivity index (χ0v) is 23.2. The van der Waals surface area contributed by atoms with Gasteiger partial charge >= 0.3 is 0 Å². The molecule has 11 heteroatoms. The summed E-state index contributed by atoms with van der Waals surface area (Å²) in [5.41, 5.74) is 7.09. The number of aromatic nitrogens is 3. The van der Waals surface area contributed by atoms with Gasteiger partial charge < -0.3 is 24.7 Å². The molecule has 0 aliphatic carbocycles. The number of ether oxygens (including phenoxy) is 2. The van der Waals surface area contributed by atoms with Gasteiger partial charge in [0.1, 0.15) is 11.5 Å². The van der Waals surface area contributed by atoms with E-state index in [2.05, 4.69) is 10.2 Å². The molecule has 3 heterocycles. The van der Waals surface area contributed by atoms with Crippen LogP contribution in [0.3, 0.4) is 0 Å². The smallest absolute Gasteiger partial charge is 0.249 e. The summed E-state index contributed by atoms with van der Waals surface area (Å²) >= 11 is 6.11. The summed E-state index contributed by atoms with van der Waals surface area (Å²) in [4.78, 5) is 39.6. The first-order valence-electron chi connectivity index (χ1n) is 13.4. The molecule has 1 aliphatic rings. The number of fused-ring (bicyclic) bond motifs is 2. The summed E-state index contributed by atoms with van der Waals surface area (Å²) in [6.45, 7) is 1.49. The fraction of sp³-hybridized carbons (Fsp3) is 0.194. The quantitative estimate of drug-likeness (QED) is 0.229. The monoisotopic (exact) mass is 583 g/mol. The number of hydrogen-bond donors (Lipinski definition) is 1. The van der Waals surface area contributed by atoms with E-state index < -0.39 is 5.91 Å². The number of halogens is 1. The van der Waals surface area contributed by atoms with Crippen LogP contribution in [0.2, 0.25) is 5.02 Å². The van der Waals surface area contributed by atoms with Gasteiger partial charge in [-0.25, -0.2) is 0 Å². The molecule has 1 aliphatic heterocycles. The van der Waals surface area contributed by atoms with Crippen LogP contribution < -0.4 is 15.2 Å². The SMILES string of the molecule is NC(=O)c1cc(OCC(=O)c2cn(CCN3CCCC3=O)c3cc(Oc4cccnn4)ccc23)cc2ccc(Cl)cc12. The number of amides is 2. The van der Waals surface area contributed by atoms with E-state index >= 15 is 0 Å². The van der Waals surface area contributed by atoms with Gasteiger partial charge in [0.15, 0.2) is 6.61 Å². The Labute approximate surface area is 245 Å². The third-order valence-electron chi connectivity index (χ3n) is 7.23. The number of hydrogen-bond acceptors (Lipinski definition) is 7. The van der Waals surface area contributed by atoms with Crippen LogP contribution in [0.1, 0.15) is 33.6 Å². The Morgan fingerprint density at radius 2 is 1.86 bits per heavy atom. The zero-order chi connectivity index (χ0) is 29.2. The summed E-state index contributed by atoms with van der Waals surface area (Å²) in [5.74, 6) is 0.465. The van der Waals surface area contributed by atoms with E-state index in [1.807, 2.05) is 21.6 Å². The minimum atomic E-state index is -0.627. The highest BCUT2D eigenvalue weighted by Gasteiger charge is 2.22. The normalized spacial score (nSPS) is 13.2. The lowest BCUT2D eigenvalue weighted by molar-refractivity contribution is -0.127. The van der Waals surface area contributed by atoms with Gasteiger partial charge in [0.25, 0.3) is 0 Å². The Kier molecular flexibility index (Phi) is 7.45. The molecule has 0 saturated carbocycles. The van der Waals surface area contributed by atoms with Gasteiger partial charge in [-0.2, -0.15) is 5.10 Å². The first-order chi connectivity index (χ1) is 20.4. The van der Waals surface area contributed by atoms with E-state index in [4.69, 9.17) is 26.8 Å². The van der Waals surface area contributed by atoms with E-state index in [-0.39, 0.29) is 23.9 Å². The van der Waals surface area contributed by atoms with Crippen molar-refractivity contribution >= 4 is 50.9 Å². The second kappa shape index (κ2) is 11.5. The number of nitrogens with zero attached hydrogens (tertiary/aromatic N) is 4. The molecule has 0 bridgehead atoms. The molecule has 2 aromatic heterocycles.